The first-order valence-corrected chi connectivity index (χ1v) is 5.32. The van der Waals surface area contributed by atoms with Crippen LogP contribution in [0.25, 0.3) is 11.1 Å². The summed E-state index contributed by atoms with van der Waals surface area (Å²) in [4.78, 5) is 11.4. The molecular formula is C11H13N3O3. The number of benzene rings is 1. The molecule has 3 N–H and O–H groups in total. The summed E-state index contributed by atoms with van der Waals surface area (Å²) in [7, 11) is 1.68. The van der Waals surface area contributed by atoms with E-state index in [2.05, 4.69) is 5.43 Å². The Morgan fingerprint density at radius 1 is 1.47 bits per heavy atom. The van der Waals surface area contributed by atoms with Crippen molar-refractivity contribution in [2.75, 3.05) is 13.2 Å². The smallest absolute Gasteiger partial charge is 0.408 e. The fraction of sp³-hybridized carbons (Fsp3) is 0.364. The van der Waals surface area contributed by atoms with Gasteiger partial charge in [0.25, 0.3) is 0 Å². The molecule has 1 aliphatic heterocycles. The maximum absolute atomic E-state index is 11.4. The number of aromatic nitrogens is 1. The third-order valence-corrected chi connectivity index (χ3v) is 3.32. The quantitative estimate of drug-likeness (QED) is 0.557. The highest BCUT2D eigenvalue weighted by atomic mass is 16.5. The highest BCUT2D eigenvalue weighted by Gasteiger charge is 2.39. The zero-order valence-corrected chi connectivity index (χ0v) is 9.40. The highest BCUT2D eigenvalue weighted by molar-refractivity contribution is 5.74. The van der Waals surface area contributed by atoms with Gasteiger partial charge >= 0.3 is 5.76 Å². The molecule has 0 unspecified atom stereocenters. The molecular weight excluding hydrogens is 222 g/mol. The van der Waals surface area contributed by atoms with Gasteiger partial charge in [-0.2, -0.15) is 0 Å². The normalized spacial score (nSPS) is 18.2. The number of ether oxygens (including phenoxy) is 1. The van der Waals surface area contributed by atoms with Crippen LogP contribution < -0.4 is 17.0 Å². The third-order valence-electron chi connectivity index (χ3n) is 3.32. The van der Waals surface area contributed by atoms with Gasteiger partial charge in [-0.15, -0.1) is 0 Å². The molecule has 1 saturated heterocycles. The molecule has 1 fully saturated rings. The van der Waals surface area contributed by atoms with Gasteiger partial charge in [-0.1, -0.05) is 6.07 Å². The molecule has 17 heavy (non-hydrogen) atoms. The first kappa shape index (κ1) is 10.5. The number of hydrogen-bond acceptors (Lipinski definition) is 5. The SMILES string of the molecule is Cn1c(=O)oc2cc(C3(NN)COC3)ccc21. The molecule has 0 saturated carbocycles. The molecule has 90 valence electrons. The van der Waals surface area contributed by atoms with Gasteiger partial charge in [-0.05, 0) is 17.7 Å². The minimum Gasteiger partial charge on any atom is -0.408 e. The Hall–Kier alpha value is -1.63. The van der Waals surface area contributed by atoms with E-state index in [4.69, 9.17) is 15.0 Å². The minimum atomic E-state index is -0.364. The van der Waals surface area contributed by atoms with E-state index >= 15 is 0 Å². The van der Waals surface area contributed by atoms with Crippen molar-refractivity contribution in [1.82, 2.24) is 9.99 Å². The summed E-state index contributed by atoms with van der Waals surface area (Å²) in [5.74, 6) is 5.19. The number of nitrogens with zero attached hydrogens (tertiary/aromatic N) is 1. The Bertz CT molecular complexity index is 619. The van der Waals surface area contributed by atoms with Crippen LogP contribution in [0.1, 0.15) is 5.56 Å². The molecule has 1 aromatic carbocycles. The Morgan fingerprint density at radius 2 is 2.24 bits per heavy atom. The molecule has 1 aromatic heterocycles. The summed E-state index contributed by atoms with van der Waals surface area (Å²) >= 11 is 0. The summed E-state index contributed by atoms with van der Waals surface area (Å²) in [6.45, 7) is 1.04. The molecule has 1 aliphatic rings. The van der Waals surface area contributed by atoms with Crippen molar-refractivity contribution in [3.8, 4) is 0 Å². The second kappa shape index (κ2) is 3.43. The van der Waals surface area contributed by atoms with Crippen molar-refractivity contribution in [3.63, 3.8) is 0 Å². The average molecular weight is 235 g/mol. The molecule has 0 radical (unpaired) electrons. The zero-order chi connectivity index (χ0) is 12.0. The van der Waals surface area contributed by atoms with Crippen molar-refractivity contribution in [2.45, 2.75) is 5.54 Å². The molecule has 3 rings (SSSR count). The van der Waals surface area contributed by atoms with Gasteiger partial charge < -0.3 is 9.15 Å². The molecule has 2 aromatic rings. The molecule has 0 aliphatic carbocycles. The van der Waals surface area contributed by atoms with Gasteiger partial charge in [0, 0.05) is 7.05 Å². The van der Waals surface area contributed by atoms with Crippen LogP contribution in [0.5, 0.6) is 0 Å². The van der Waals surface area contributed by atoms with E-state index in [1.54, 1.807) is 7.05 Å². The fourth-order valence-electron chi connectivity index (χ4n) is 2.07. The number of rotatable bonds is 2. The van der Waals surface area contributed by atoms with Crippen LogP contribution in [0.2, 0.25) is 0 Å². The molecule has 0 amide bonds. The Kier molecular flexibility index (Phi) is 2.12. The van der Waals surface area contributed by atoms with Crippen molar-refractivity contribution < 1.29 is 9.15 Å². The fourth-order valence-corrected chi connectivity index (χ4v) is 2.07. The molecule has 0 bridgehead atoms. The van der Waals surface area contributed by atoms with E-state index in [0.717, 1.165) is 11.1 Å². The van der Waals surface area contributed by atoms with Crippen LogP contribution >= 0.6 is 0 Å². The van der Waals surface area contributed by atoms with E-state index in [0.29, 0.717) is 18.8 Å². The lowest BCUT2D eigenvalue weighted by Crippen LogP contribution is -2.60. The summed E-state index contributed by atoms with van der Waals surface area (Å²) in [5.41, 5.74) is 4.71. The van der Waals surface area contributed by atoms with Crippen LogP contribution in [-0.4, -0.2) is 17.8 Å². The van der Waals surface area contributed by atoms with Crippen LogP contribution in [0.15, 0.2) is 27.4 Å². The van der Waals surface area contributed by atoms with Crippen molar-refractivity contribution in [3.05, 3.63) is 34.3 Å². The first-order chi connectivity index (χ1) is 8.16. The number of aryl methyl sites for hydroxylation is 1. The van der Waals surface area contributed by atoms with Crippen molar-refractivity contribution in [2.24, 2.45) is 12.9 Å². The van der Waals surface area contributed by atoms with E-state index < -0.39 is 0 Å². The first-order valence-electron chi connectivity index (χ1n) is 5.32. The lowest BCUT2D eigenvalue weighted by atomic mass is 9.88. The van der Waals surface area contributed by atoms with E-state index in [-0.39, 0.29) is 11.3 Å². The van der Waals surface area contributed by atoms with Gasteiger partial charge in [0.05, 0.1) is 18.7 Å². The number of nitrogens with one attached hydrogen (secondary N) is 1. The van der Waals surface area contributed by atoms with Gasteiger partial charge in [0.15, 0.2) is 5.58 Å². The number of oxazole rings is 1. The highest BCUT2D eigenvalue weighted by Crippen LogP contribution is 2.30. The lowest BCUT2D eigenvalue weighted by Gasteiger charge is -2.41. The van der Waals surface area contributed by atoms with Gasteiger partial charge in [-0.3, -0.25) is 10.4 Å². The maximum atomic E-state index is 11.4. The van der Waals surface area contributed by atoms with E-state index in [9.17, 15) is 4.79 Å². The molecule has 0 spiro atoms. The molecule has 0 atom stereocenters. The van der Waals surface area contributed by atoms with Gasteiger partial charge in [0.2, 0.25) is 0 Å². The topological polar surface area (TPSA) is 82.4 Å². The van der Waals surface area contributed by atoms with Crippen LogP contribution in [0.4, 0.5) is 0 Å². The van der Waals surface area contributed by atoms with E-state index in [1.807, 2.05) is 18.2 Å². The summed E-state index contributed by atoms with van der Waals surface area (Å²) in [6, 6.07) is 5.62. The van der Waals surface area contributed by atoms with Gasteiger partial charge in [0.1, 0.15) is 5.54 Å². The predicted molar refractivity (Wildman–Crippen MR) is 61.3 cm³/mol. The monoisotopic (exact) mass is 235 g/mol. The van der Waals surface area contributed by atoms with Gasteiger partial charge in [-0.25, -0.2) is 10.2 Å². The molecule has 6 nitrogen and oxygen atoms in total. The largest absolute Gasteiger partial charge is 0.419 e. The predicted octanol–water partition coefficient (Wildman–Crippen LogP) is -0.180. The lowest BCUT2D eigenvalue weighted by molar-refractivity contribution is -0.0786. The van der Waals surface area contributed by atoms with Crippen LogP contribution in [0, 0.1) is 0 Å². The standard InChI is InChI=1S/C11H13N3O3/c1-14-8-3-2-7(4-9(8)17-10(14)15)11(13-12)5-16-6-11/h2-4,13H,5-6,12H2,1H3. The Morgan fingerprint density at radius 3 is 2.82 bits per heavy atom. The average Bonchev–Trinajstić information content (AvgIpc) is 2.54. The molecule has 6 heteroatoms. The van der Waals surface area contributed by atoms with Crippen molar-refractivity contribution in [1.29, 1.82) is 0 Å². The number of fused-ring (bicyclic) bond motifs is 1. The number of hydrogen-bond donors (Lipinski definition) is 2. The summed E-state index contributed by atoms with van der Waals surface area (Å²) in [6.07, 6.45) is 0. The Balaban J connectivity index is 2.17. The summed E-state index contributed by atoms with van der Waals surface area (Å²) < 4.78 is 11.8. The number of hydrazine groups is 1. The maximum Gasteiger partial charge on any atom is 0.419 e. The molecule has 2 heterocycles. The van der Waals surface area contributed by atoms with Crippen LogP contribution in [-0.2, 0) is 17.3 Å². The number of nitrogens with two attached hydrogens (primary N) is 1. The minimum absolute atomic E-state index is 0.359. The second-order valence-corrected chi connectivity index (χ2v) is 4.33. The van der Waals surface area contributed by atoms with Crippen LogP contribution in [0.3, 0.4) is 0 Å². The Labute approximate surface area is 96.9 Å². The van der Waals surface area contributed by atoms with E-state index in [1.165, 1.54) is 4.57 Å². The summed E-state index contributed by atoms with van der Waals surface area (Å²) in [5, 5.41) is 0. The zero-order valence-electron chi connectivity index (χ0n) is 9.40. The third kappa shape index (κ3) is 1.35. The second-order valence-electron chi connectivity index (χ2n) is 4.33. The van der Waals surface area contributed by atoms with Crippen molar-refractivity contribution >= 4 is 11.1 Å².